The van der Waals surface area contributed by atoms with Crippen LogP contribution in [0.4, 0.5) is 0 Å². The van der Waals surface area contributed by atoms with Gasteiger partial charge in [-0.05, 0) is 14.0 Å². The van der Waals surface area contributed by atoms with E-state index in [1.807, 2.05) is 10.8 Å². The summed E-state index contributed by atoms with van der Waals surface area (Å²) in [7, 11) is -1.47. The number of sulfonamides is 1. The normalized spacial score (nSPS) is 18.9. The molecule has 1 unspecified atom stereocenters. The number of nitrogens with one attached hydrogen (secondary N) is 1. The maximum absolute atomic E-state index is 12.3. The van der Waals surface area contributed by atoms with Crippen LogP contribution in [0.2, 0.25) is 0 Å². The van der Waals surface area contributed by atoms with Gasteiger partial charge in [0.25, 0.3) is 0 Å². The van der Waals surface area contributed by atoms with E-state index in [0.29, 0.717) is 26.2 Å². The third-order valence-electron chi connectivity index (χ3n) is 3.07. The lowest BCUT2D eigenvalue weighted by Crippen LogP contribution is -2.44. The van der Waals surface area contributed by atoms with Gasteiger partial charge in [0.15, 0.2) is 0 Å². The molecule has 1 aromatic rings. The average molecular weight is 258 g/mol. The fraction of sp³-hybridized carbons (Fsp3) is 0.700. The first-order valence-corrected chi connectivity index (χ1v) is 7.19. The van der Waals surface area contributed by atoms with Crippen molar-refractivity contribution < 1.29 is 8.42 Å². The Morgan fingerprint density at radius 1 is 1.53 bits per heavy atom. The summed E-state index contributed by atoms with van der Waals surface area (Å²) >= 11 is 0. The summed E-state index contributed by atoms with van der Waals surface area (Å²) in [5.74, 6) is 0.816. The van der Waals surface area contributed by atoms with E-state index in [2.05, 4.69) is 10.3 Å². The molecule has 0 aromatic carbocycles. The number of imidazole rings is 1. The molecule has 0 saturated carbocycles. The van der Waals surface area contributed by atoms with Crippen LogP contribution < -0.4 is 5.32 Å². The van der Waals surface area contributed by atoms with Crippen molar-refractivity contribution in [3.8, 4) is 0 Å². The lowest BCUT2D eigenvalue weighted by molar-refractivity contribution is 0.331. The Hall–Kier alpha value is -0.920. The zero-order valence-corrected chi connectivity index (χ0v) is 10.9. The second-order valence-corrected chi connectivity index (χ2v) is 6.63. The Bertz CT molecular complexity index is 482. The van der Waals surface area contributed by atoms with Crippen LogP contribution in [-0.2, 0) is 23.1 Å². The number of nitrogens with zero attached hydrogens (tertiary/aromatic N) is 3. The zero-order valence-electron chi connectivity index (χ0n) is 10.1. The summed E-state index contributed by atoms with van der Waals surface area (Å²) in [5.41, 5.74) is 0. The van der Waals surface area contributed by atoms with Crippen molar-refractivity contribution in [3.05, 3.63) is 18.2 Å². The summed E-state index contributed by atoms with van der Waals surface area (Å²) in [6.45, 7) is 3.78. The minimum absolute atomic E-state index is 0.378. The highest BCUT2D eigenvalue weighted by Gasteiger charge is 2.31. The van der Waals surface area contributed by atoms with Crippen LogP contribution in [0.5, 0.6) is 0 Å². The Morgan fingerprint density at radius 2 is 2.29 bits per heavy atom. The molecule has 0 saturated heterocycles. The van der Waals surface area contributed by atoms with Gasteiger partial charge in [0.05, 0.1) is 11.8 Å². The third-order valence-corrected chi connectivity index (χ3v) is 5.28. The van der Waals surface area contributed by atoms with E-state index >= 15 is 0 Å². The Balaban J connectivity index is 2.15. The Labute approximate surface area is 102 Å². The van der Waals surface area contributed by atoms with E-state index in [1.165, 1.54) is 4.31 Å². The highest BCUT2D eigenvalue weighted by molar-refractivity contribution is 7.89. The van der Waals surface area contributed by atoms with Gasteiger partial charge in [-0.25, -0.2) is 13.4 Å². The van der Waals surface area contributed by atoms with Crippen LogP contribution >= 0.6 is 0 Å². The largest absolute Gasteiger partial charge is 0.333 e. The van der Waals surface area contributed by atoms with Crippen molar-refractivity contribution >= 4 is 10.0 Å². The molecule has 2 heterocycles. The number of rotatable bonds is 4. The fourth-order valence-electron chi connectivity index (χ4n) is 2.02. The van der Waals surface area contributed by atoms with Crippen LogP contribution in [0.3, 0.4) is 0 Å². The molecule has 96 valence electrons. The number of fused-ring (bicyclic) bond motifs is 1. The number of hydrogen-bond donors (Lipinski definition) is 1. The molecule has 6 nitrogen and oxygen atoms in total. The van der Waals surface area contributed by atoms with E-state index in [0.717, 1.165) is 5.82 Å². The first-order chi connectivity index (χ1) is 8.05. The smallest absolute Gasteiger partial charge is 0.218 e. The molecule has 1 aromatic heterocycles. The summed E-state index contributed by atoms with van der Waals surface area (Å²) < 4.78 is 28.0. The molecule has 1 atom stereocenters. The van der Waals surface area contributed by atoms with E-state index in [1.54, 1.807) is 20.2 Å². The maximum atomic E-state index is 12.3. The first kappa shape index (κ1) is 12.5. The molecule has 2 rings (SSSR count). The molecule has 17 heavy (non-hydrogen) atoms. The SMILES string of the molecule is CNCC(C)S(=O)(=O)N1CCn2ccnc2C1. The predicted octanol–water partition coefficient (Wildman–Crippen LogP) is -0.364. The van der Waals surface area contributed by atoms with E-state index < -0.39 is 15.3 Å². The molecule has 0 aliphatic carbocycles. The monoisotopic (exact) mass is 258 g/mol. The highest BCUT2D eigenvalue weighted by Crippen LogP contribution is 2.17. The summed E-state index contributed by atoms with van der Waals surface area (Å²) in [6, 6.07) is 0. The second kappa shape index (κ2) is 4.75. The molecule has 7 heteroatoms. The van der Waals surface area contributed by atoms with Gasteiger partial charge >= 0.3 is 0 Å². The molecular formula is C10H18N4O2S. The molecule has 0 fully saturated rings. The van der Waals surface area contributed by atoms with Crippen LogP contribution in [0.25, 0.3) is 0 Å². The molecule has 0 radical (unpaired) electrons. The number of hydrogen-bond acceptors (Lipinski definition) is 4. The van der Waals surface area contributed by atoms with Crippen LogP contribution in [-0.4, -0.2) is 47.7 Å². The van der Waals surface area contributed by atoms with Crippen LogP contribution in [0.15, 0.2) is 12.4 Å². The minimum Gasteiger partial charge on any atom is -0.333 e. The van der Waals surface area contributed by atoms with Crippen molar-refractivity contribution in [1.82, 2.24) is 19.2 Å². The Morgan fingerprint density at radius 3 is 3.00 bits per heavy atom. The molecule has 0 amide bonds. The van der Waals surface area contributed by atoms with Crippen molar-refractivity contribution in [1.29, 1.82) is 0 Å². The topological polar surface area (TPSA) is 67.2 Å². The van der Waals surface area contributed by atoms with Gasteiger partial charge in [-0.3, -0.25) is 0 Å². The van der Waals surface area contributed by atoms with E-state index in [4.69, 9.17) is 0 Å². The summed E-state index contributed by atoms with van der Waals surface area (Å²) in [4.78, 5) is 4.17. The van der Waals surface area contributed by atoms with Crippen LogP contribution in [0.1, 0.15) is 12.7 Å². The quantitative estimate of drug-likeness (QED) is 0.800. The third kappa shape index (κ3) is 2.36. The molecule has 0 bridgehead atoms. The molecule has 1 aliphatic rings. The second-order valence-electron chi connectivity index (χ2n) is 4.28. The van der Waals surface area contributed by atoms with Gasteiger partial charge in [-0.1, -0.05) is 0 Å². The van der Waals surface area contributed by atoms with Gasteiger partial charge in [0.1, 0.15) is 5.82 Å². The van der Waals surface area contributed by atoms with Crippen molar-refractivity contribution in [2.75, 3.05) is 20.1 Å². The predicted molar refractivity (Wildman–Crippen MR) is 64.9 cm³/mol. The van der Waals surface area contributed by atoms with Gasteiger partial charge in [-0.2, -0.15) is 4.31 Å². The van der Waals surface area contributed by atoms with Crippen molar-refractivity contribution in [2.45, 2.75) is 25.3 Å². The number of aromatic nitrogens is 2. The van der Waals surface area contributed by atoms with E-state index in [-0.39, 0.29) is 0 Å². The first-order valence-electron chi connectivity index (χ1n) is 5.69. The maximum Gasteiger partial charge on any atom is 0.218 e. The van der Waals surface area contributed by atoms with Gasteiger partial charge < -0.3 is 9.88 Å². The summed E-state index contributed by atoms with van der Waals surface area (Å²) in [6.07, 6.45) is 3.60. The van der Waals surface area contributed by atoms with Crippen LogP contribution in [0, 0.1) is 0 Å². The summed E-state index contributed by atoms with van der Waals surface area (Å²) in [5, 5.41) is 2.49. The van der Waals surface area contributed by atoms with Gasteiger partial charge in [0.2, 0.25) is 10.0 Å². The molecule has 1 N–H and O–H groups in total. The van der Waals surface area contributed by atoms with Crippen molar-refractivity contribution in [2.24, 2.45) is 0 Å². The highest BCUT2D eigenvalue weighted by atomic mass is 32.2. The molecular weight excluding hydrogens is 240 g/mol. The standard InChI is InChI=1S/C10H18N4O2S/c1-9(7-11-2)17(15,16)14-6-5-13-4-3-12-10(13)8-14/h3-4,9,11H,5-8H2,1-2H3. The fourth-order valence-corrected chi connectivity index (χ4v) is 3.53. The molecule has 1 aliphatic heterocycles. The van der Waals surface area contributed by atoms with Crippen molar-refractivity contribution in [3.63, 3.8) is 0 Å². The lowest BCUT2D eigenvalue weighted by atomic mass is 10.4. The average Bonchev–Trinajstić information content (AvgIpc) is 2.76. The lowest BCUT2D eigenvalue weighted by Gasteiger charge is -2.29. The van der Waals surface area contributed by atoms with Gasteiger partial charge in [0, 0.05) is 32.0 Å². The molecule has 0 spiro atoms. The van der Waals surface area contributed by atoms with E-state index in [9.17, 15) is 8.42 Å². The Kier molecular flexibility index (Phi) is 3.50. The van der Waals surface area contributed by atoms with Gasteiger partial charge in [-0.15, -0.1) is 0 Å². The zero-order chi connectivity index (χ0) is 12.5. The minimum atomic E-state index is -3.23.